The van der Waals surface area contributed by atoms with Crippen molar-refractivity contribution in [2.75, 3.05) is 11.9 Å². The fourth-order valence-electron chi connectivity index (χ4n) is 2.48. The molecule has 0 unspecified atom stereocenters. The van der Waals surface area contributed by atoms with Gasteiger partial charge in [-0.2, -0.15) is 4.98 Å². The summed E-state index contributed by atoms with van der Waals surface area (Å²) in [6, 6.07) is 17.2. The third-order valence-electron chi connectivity index (χ3n) is 3.92. The maximum atomic E-state index is 5.98. The van der Waals surface area contributed by atoms with Crippen molar-refractivity contribution in [2.45, 2.75) is 32.6 Å². The fraction of sp³-hybridized carbons (Fsp3) is 0.286. The average Bonchev–Trinajstić information content (AvgIpc) is 3.16. The second-order valence-corrected chi connectivity index (χ2v) is 6.64. The zero-order chi connectivity index (χ0) is 19.8. The molecule has 1 heterocycles. The molecule has 0 atom stereocenters. The highest BCUT2D eigenvalue weighted by molar-refractivity contribution is 5.92. The van der Waals surface area contributed by atoms with Gasteiger partial charge in [-0.1, -0.05) is 43.3 Å². The van der Waals surface area contributed by atoms with Crippen molar-refractivity contribution in [2.24, 2.45) is 10.7 Å². The van der Waals surface area contributed by atoms with Crippen molar-refractivity contribution >= 4 is 11.6 Å². The van der Waals surface area contributed by atoms with Crippen LogP contribution in [0, 0.1) is 0 Å². The van der Waals surface area contributed by atoms with Gasteiger partial charge in [0, 0.05) is 30.6 Å². The number of ether oxygens (including phenoxy) is 1. The van der Waals surface area contributed by atoms with Crippen molar-refractivity contribution < 1.29 is 9.26 Å². The number of hydrogen-bond acceptors (Lipinski definition) is 5. The Morgan fingerprint density at radius 1 is 1.14 bits per heavy atom. The van der Waals surface area contributed by atoms with Gasteiger partial charge in [-0.05, 0) is 30.7 Å². The molecule has 146 valence electrons. The van der Waals surface area contributed by atoms with Crippen molar-refractivity contribution in [3.8, 4) is 11.5 Å². The molecular weight excluding hydrogens is 354 g/mol. The van der Waals surface area contributed by atoms with E-state index in [4.69, 9.17) is 15.0 Å². The number of para-hydroxylation sites is 1. The zero-order valence-corrected chi connectivity index (χ0v) is 16.1. The molecule has 0 amide bonds. The van der Waals surface area contributed by atoms with Crippen LogP contribution in [0.25, 0.3) is 0 Å². The number of benzene rings is 2. The third kappa shape index (κ3) is 5.84. The van der Waals surface area contributed by atoms with Crippen molar-refractivity contribution in [3.05, 3.63) is 66.3 Å². The number of anilines is 1. The molecule has 3 aromatic rings. The average molecular weight is 379 g/mol. The van der Waals surface area contributed by atoms with Crippen LogP contribution in [0.4, 0.5) is 5.69 Å². The molecule has 28 heavy (non-hydrogen) atoms. The van der Waals surface area contributed by atoms with Crippen LogP contribution in [0.15, 0.2) is 64.1 Å². The van der Waals surface area contributed by atoms with E-state index in [1.807, 2.05) is 68.4 Å². The number of aryl methyl sites for hydroxylation is 1. The van der Waals surface area contributed by atoms with Crippen LogP contribution in [0.2, 0.25) is 0 Å². The van der Waals surface area contributed by atoms with E-state index >= 15 is 0 Å². The quantitative estimate of drug-likeness (QED) is 0.343. The van der Waals surface area contributed by atoms with Gasteiger partial charge in [0.05, 0.1) is 0 Å². The summed E-state index contributed by atoms with van der Waals surface area (Å²) in [5.74, 6) is 3.49. The Morgan fingerprint density at radius 3 is 2.68 bits per heavy atom. The second kappa shape index (κ2) is 9.55. The van der Waals surface area contributed by atoms with Gasteiger partial charge in [0.15, 0.2) is 11.8 Å². The molecule has 0 aliphatic rings. The third-order valence-corrected chi connectivity index (χ3v) is 3.92. The summed E-state index contributed by atoms with van der Waals surface area (Å²) >= 11 is 0. The standard InChI is InChI=1S/C21H25N5O2/c1-15(2)20-25-19(28-26-20)12-7-13-23-21(22)24-16-8-6-11-18(14-16)27-17-9-4-3-5-10-17/h3-6,8-11,14-15H,7,12-13H2,1-2H3,(H3,22,23,24). The minimum atomic E-state index is 0.261. The van der Waals surface area contributed by atoms with Crippen molar-refractivity contribution in [1.82, 2.24) is 10.1 Å². The first-order valence-corrected chi connectivity index (χ1v) is 9.32. The van der Waals surface area contributed by atoms with Gasteiger partial charge in [0.1, 0.15) is 11.5 Å². The lowest BCUT2D eigenvalue weighted by Gasteiger charge is -2.09. The molecule has 0 radical (unpaired) electrons. The summed E-state index contributed by atoms with van der Waals surface area (Å²) < 4.78 is 11.0. The number of guanidine groups is 1. The Bertz CT molecular complexity index is 906. The summed E-state index contributed by atoms with van der Waals surface area (Å²) in [5.41, 5.74) is 6.79. The van der Waals surface area contributed by atoms with E-state index in [0.717, 1.165) is 29.4 Å². The van der Waals surface area contributed by atoms with Gasteiger partial charge in [0.25, 0.3) is 0 Å². The van der Waals surface area contributed by atoms with Crippen molar-refractivity contribution in [3.63, 3.8) is 0 Å². The fourth-order valence-corrected chi connectivity index (χ4v) is 2.48. The lowest BCUT2D eigenvalue weighted by atomic mass is 10.2. The van der Waals surface area contributed by atoms with Crippen molar-refractivity contribution in [1.29, 1.82) is 0 Å². The van der Waals surface area contributed by atoms with Crippen LogP contribution < -0.4 is 15.8 Å². The Balaban J connectivity index is 1.48. The van der Waals surface area contributed by atoms with Crippen LogP contribution >= 0.6 is 0 Å². The number of aromatic nitrogens is 2. The van der Waals surface area contributed by atoms with Gasteiger partial charge in [-0.25, -0.2) is 0 Å². The highest BCUT2D eigenvalue weighted by Crippen LogP contribution is 2.23. The first-order chi connectivity index (χ1) is 13.6. The smallest absolute Gasteiger partial charge is 0.226 e. The van der Waals surface area contributed by atoms with Crippen LogP contribution in [0.3, 0.4) is 0 Å². The van der Waals surface area contributed by atoms with Crippen LogP contribution in [-0.4, -0.2) is 22.6 Å². The molecular formula is C21H25N5O2. The molecule has 7 nitrogen and oxygen atoms in total. The lowest BCUT2D eigenvalue weighted by Crippen LogP contribution is -2.22. The molecule has 3 N–H and O–H groups in total. The molecule has 0 bridgehead atoms. The molecule has 0 saturated heterocycles. The zero-order valence-electron chi connectivity index (χ0n) is 16.1. The Hall–Kier alpha value is -3.35. The molecule has 0 spiro atoms. The van der Waals surface area contributed by atoms with E-state index < -0.39 is 0 Å². The largest absolute Gasteiger partial charge is 0.457 e. The van der Waals surface area contributed by atoms with Gasteiger partial charge in [0.2, 0.25) is 5.89 Å². The summed E-state index contributed by atoms with van der Waals surface area (Å²) in [7, 11) is 0. The SMILES string of the molecule is CC(C)c1noc(CCCN=C(N)Nc2cccc(Oc3ccccc3)c2)n1. The number of hydrogen-bond donors (Lipinski definition) is 2. The van der Waals surface area contributed by atoms with E-state index in [-0.39, 0.29) is 5.92 Å². The van der Waals surface area contributed by atoms with E-state index in [9.17, 15) is 0 Å². The highest BCUT2D eigenvalue weighted by atomic mass is 16.5. The van der Waals surface area contributed by atoms with Crippen LogP contribution in [0.5, 0.6) is 11.5 Å². The summed E-state index contributed by atoms with van der Waals surface area (Å²) in [6.45, 7) is 4.63. The summed E-state index contributed by atoms with van der Waals surface area (Å²) in [5, 5.41) is 7.03. The predicted molar refractivity (Wildman–Crippen MR) is 110 cm³/mol. The normalized spacial score (nSPS) is 11.6. The second-order valence-electron chi connectivity index (χ2n) is 6.64. The maximum Gasteiger partial charge on any atom is 0.226 e. The number of aliphatic imine (C=N–C) groups is 1. The molecule has 7 heteroatoms. The Kier molecular flexibility index (Phi) is 6.62. The molecule has 0 fully saturated rings. The van der Waals surface area contributed by atoms with Gasteiger partial charge >= 0.3 is 0 Å². The summed E-state index contributed by atoms with van der Waals surface area (Å²) in [6.07, 6.45) is 1.45. The first kappa shape index (κ1) is 19.4. The van der Waals surface area contributed by atoms with Crippen LogP contribution in [-0.2, 0) is 6.42 Å². The molecule has 0 aliphatic carbocycles. The number of nitrogens with two attached hydrogens (primary N) is 1. The summed E-state index contributed by atoms with van der Waals surface area (Å²) in [4.78, 5) is 8.69. The highest BCUT2D eigenvalue weighted by Gasteiger charge is 2.09. The van der Waals surface area contributed by atoms with E-state index in [2.05, 4.69) is 20.4 Å². The maximum absolute atomic E-state index is 5.98. The van der Waals surface area contributed by atoms with Gasteiger partial charge in [-0.15, -0.1) is 0 Å². The van der Waals surface area contributed by atoms with Gasteiger partial charge < -0.3 is 20.3 Å². The predicted octanol–water partition coefficient (Wildman–Crippen LogP) is 4.34. The molecule has 0 aliphatic heterocycles. The molecule has 2 aromatic carbocycles. The Morgan fingerprint density at radius 2 is 1.93 bits per heavy atom. The molecule has 0 saturated carbocycles. The lowest BCUT2D eigenvalue weighted by molar-refractivity contribution is 0.369. The van der Waals surface area contributed by atoms with E-state index in [0.29, 0.717) is 24.8 Å². The monoisotopic (exact) mass is 379 g/mol. The number of nitrogens with zero attached hydrogens (tertiary/aromatic N) is 3. The number of rotatable bonds is 8. The number of nitrogens with one attached hydrogen (secondary N) is 1. The van der Waals surface area contributed by atoms with Crippen LogP contribution in [0.1, 0.15) is 37.9 Å². The Labute approximate surface area is 164 Å². The van der Waals surface area contributed by atoms with E-state index in [1.54, 1.807) is 0 Å². The molecule has 3 rings (SSSR count). The first-order valence-electron chi connectivity index (χ1n) is 9.32. The minimum absolute atomic E-state index is 0.261. The molecule has 1 aromatic heterocycles. The van der Waals surface area contributed by atoms with E-state index in [1.165, 1.54) is 0 Å². The van der Waals surface area contributed by atoms with Gasteiger partial charge in [-0.3, -0.25) is 4.99 Å². The topological polar surface area (TPSA) is 98.6 Å². The minimum Gasteiger partial charge on any atom is -0.457 e.